The number of carbonyl (C=O) groups excluding carboxylic acids is 1. The zero-order valence-electron chi connectivity index (χ0n) is 13.0. The van der Waals surface area contributed by atoms with Crippen molar-refractivity contribution in [2.24, 2.45) is 0 Å². The summed E-state index contributed by atoms with van der Waals surface area (Å²) in [6, 6.07) is 14.2. The van der Waals surface area contributed by atoms with E-state index in [0.29, 0.717) is 6.54 Å². The van der Waals surface area contributed by atoms with Gasteiger partial charge in [0.05, 0.1) is 0 Å². The van der Waals surface area contributed by atoms with E-state index in [9.17, 15) is 4.79 Å². The van der Waals surface area contributed by atoms with Gasteiger partial charge in [-0.05, 0) is 61.1 Å². The van der Waals surface area contributed by atoms with Crippen LogP contribution in [0.15, 0.2) is 47.4 Å². The van der Waals surface area contributed by atoms with Crippen molar-refractivity contribution in [2.45, 2.75) is 25.3 Å². The molecule has 1 amide bonds. The molecule has 0 bridgehead atoms. The lowest BCUT2D eigenvalue weighted by Crippen LogP contribution is -2.26. The van der Waals surface area contributed by atoms with Gasteiger partial charge in [0.2, 0.25) is 0 Å². The predicted molar refractivity (Wildman–Crippen MR) is 89.9 cm³/mol. The first-order chi connectivity index (χ1) is 10.0. The third-order valence-electron chi connectivity index (χ3n) is 3.68. The summed E-state index contributed by atoms with van der Waals surface area (Å²) in [5, 5.41) is 0. The number of hydrogen-bond acceptors (Lipinski definition) is 2. The van der Waals surface area contributed by atoms with Crippen LogP contribution in [0.2, 0.25) is 0 Å². The monoisotopic (exact) mass is 299 g/mol. The Hall–Kier alpha value is -1.74. The van der Waals surface area contributed by atoms with Gasteiger partial charge in [-0.15, -0.1) is 11.8 Å². The van der Waals surface area contributed by atoms with Crippen molar-refractivity contribution < 1.29 is 4.79 Å². The van der Waals surface area contributed by atoms with Crippen LogP contribution in [0.5, 0.6) is 0 Å². The standard InChI is InChI=1S/C18H21NOS/c1-13-5-8-16(11-14(13)2)18(20)19(3)12-15-6-9-17(21-4)10-7-15/h5-11H,12H2,1-4H3. The molecule has 0 aliphatic carbocycles. The maximum absolute atomic E-state index is 12.5. The minimum Gasteiger partial charge on any atom is -0.337 e. The molecule has 3 heteroatoms. The van der Waals surface area contributed by atoms with Gasteiger partial charge in [0.25, 0.3) is 5.91 Å². The molecule has 2 aromatic rings. The van der Waals surface area contributed by atoms with Crippen molar-refractivity contribution in [2.75, 3.05) is 13.3 Å². The number of nitrogens with zero attached hydrogens (tertiary/aromatic N) is 1. The topological polar surface area (TPSA) is 20.3 Å². The second-order valence-electron chi connectivity index (χ2n) is 5.31. The fourth-order valence-electron chi connectivity index (χ4n) is 2.17. The zero-order chi connectivity index (χ0) is 15.4. The number of rotatable bonds is 4. The Morgan fingerprint density at radius 2 is 1.71 bits per heavy atom. The molecule has 21 heavy (non-hydrogen) atoms. The first-order valence-electron chi connectivity index (χ1n) is 6.97. The fourth-order valence-corrected chi connectivity index (χ4v) is 2.58. The Balaban J connectivity index is 2.09. The molecule has 0 atom stereocenters. The van der Waals surface area contributed by atoms with Gasteiger partial charge in [0.15, 0.2) is 0 Å². The van der Waals surface area contributed by atoms with E-state index in [0.717, 1.165) is 16.7 Å². The van der Waals surface area contributed by atoms with E-state index in [4.69, 9.17) is 0 Å². The molecule has 0 saturated carbocycles. The third-order valence-corrected chi connectivity index (χ3v) is 4.42. The smallest absolute Gasteiger partial charge is 0.253 e. The van der Waals surface area contributed by atoms with Gasteiger partial charge in [-0.25, -0.2) is 0 Å². The Bertz CT molecular complexity index is 634. The Labute approximate surface area is 131 Å². The van der Waals surface area contributed by atoms with Crippen molar-refractivity contribution in [1.82, 2.24) is 4.90 Å². The van der Waals surface area contributed by atoms with Gasteiger partial charge in [-0.1, -0.05) is 18.2 Å². The van der Waals surface area contributed by atoms with Gasteiger partial charge in [0.1, 0.15) is 0 Å². The molecule has 0 spiro atoms. The van der Waals surface area contributed by atoms with E-state index in [1.807, 2.05) is 32.2 Å². The highest BCUT2D eigenvalue weighted by Gasteiger charge is 2.12. The van der Waals surface area contributed by atoms with Gasteiger partial charge in [-0.2, -0.15) is 0 Å². The number of carbonyl (C=O) groups is 1. The van der Waals surface area contributed by atoms with Crippen LogP contribution in [0.25, 0.3) is 0 Å². The van der Waals surface area contributed by atoms with Gasteiger partial charge >= 0.3 is 0 Å². The molecule has 0 unspecified atom stereocenters. The molecule has 0 aromatic heterocycles. The summed E-state index contributed by atoms with van der Waals surface area (Å²) in [6.45, 7) is 4.72. The number of benzene rings is 2. The molecule has 0 saturated heterocycles. The predicted octanol–water partition coefficient (Wildman–Crippen LogP) is 4.30. The van der Waals surface area contributed by atoms with Crippen LogP contribution in [0, 0.1) is 13.8 Å². The second kappa shape index (κ2) is 6.81. The average Bonchev–Trinajstić information content (AvgIpc) is 2.50. The Morgan fingerprint density at radius 3 is 2.29 bits per heavy atom. The highest BCUT2D eigenvalue weighted by molar-refractivity contribution is 7.98. The summed E-state index contributed by atoms with van der Waals surface area (Å²) in [7, 11) is 1.85. The van der Waals surface area contributed by atoms with Crippen molar-refractivity contribution >= 4 is 17.7 Å². The first-order valence-corrected chi connectivity index (χ1v) is 8.19. The lowest BCUT2D eigenvalue weighted by Gasteiger charge is -2.18. The average molecular weight is 299 g/mol. The van der Waals surface area contributed by atoms with E-state index >= 15 is 0 Å². The molecule has 2 nitrogen and oxygen atoms in total. The zero-order valence-corrected chi connectivity index (χ0v) is 13.8. The third kappa shape index (κ3) is 3.88. The summed E-state index contributed by atoms with van der Waals surface area (Å²) >= 11 is 1.72. The molecule has 0 fully saturated rings. The molecule has 0 radical (unpaired) electrons. The maximum atomic E-state index is 12.5. The minimum absolute atomic E-state index is 0.0621. The van der Waals surface area contributed by atoms with Crippen LogP contribution in [0.1, 0.15) is 27.0 Å². The molecule has 2 rings (SSSR count). The molecule has 110 valence electrons. The molecule has 0 heterocycles. The van der Waals surface area contributed by atoms with Crippen molar-refractivity contribution in [3.05, 3.63) is 64.7 Å². The highest BCUT2D eigenvalue weighted by Crippen LogP contribution is 2.17. The van der Waals surface area contributed by atoms with Crippen LogP contribution in [0.3, 0.4) is 0 Å². The van der Waals surface area contributed by atoms with Gasteiger partial charge < -0.3 is 4.90 Å². The molecule has 0 aliphatic rings. The molecule has 2 aromatic carbocycles. The number of amides is 1. The highest BCUT2D eigenvalue weighted by atomic mass is 32.2. The maximum Gasteiger partial charge on any atom is 0.253 e. The normalized spacial score (nSPS) is 10.5. The fraction of sp³-hybridized carbons (Fsp3) is 0.278. The Kier molecular flexibility index (Phi) is 5.07. The Morgan fingerprint density at radius 1 is 1.05 bits per heavy atom. The second-order valence-corrected chi connectivity index (χ2v) is 6.19. The van der Waals surface area contributed by atoms with Gasteiger partial charge in [-0.3, -0.25) is 4.79 Å². The van der Waals surface area contributed by atoms with E-state index in [-0.39, 0.29) is 5.91 Å². The van der Waals surface area contributed by atoms with Crippen LogP contribution in [0.4, 0.5) is 0 Å². The molecular weight excluding hydrogens is 278 g/mol. The van der Waals surface area contributed by atoms with Crippen molar-refractivity contribution in [3.63, 3.8) is 0 Å². The summed E-state index contributed by atoms with van der Waals surface area (Å²) in [6.07, 6.45) is 2.06. The van der Waals surface area contributed by atoms with E-state index in [1.54, 1.807) is 16.7 Å². The lowest BCUT2D eigenvalue weighted by molar-refractivity contribution is 0.0785. The quantitative estimate of drug-likeness (QED) is 0.785. The van der Waals surface area contributed by atoms with Crippen LogP contribution in [-0.4, -0.2) is 24.1 Å². The summed E-state index contributed by atoms with van der Waals surface area (Å²) < 4.78 is 0. The molecule has 0 aliphatic heterocycles. The van der Waals surface area contributed by atoms with Crippen LogP contribution >= 0.6 is 11.8 Å². The molecular formula is C18H21NOS. The van der Waals surface area contributed by atoms with E-state index < -0.39 is 0 Å². The van der Waals surface area contributed by atoms with Crippen molar-refractivity contribution in [3.8, 4) is 0 Å². The van der Waals surface area contributed by atoms with E-state index in [1.165, 1.54) is 10.5 Å². The largest absolute Gasteiger partial charge is 0.337 e. The lowest BCUT2D eigenvalue weighted by atomic mass is 10.1. The van der Waals surface area contributed by atoms with Crippen LogP contribution < -0.4 is 0 Å². The first kappa shape index (κ1) is 15.6. The molecule has 0 N–H and O–H groups in total. The van der Waals surface area contributed by atoms with Crippen LogP contribution in [-0.2, 0) is 6.54 Å². The SMILES string of the molecule is CSc1ccc(CN(C)C(=O)c2ccc(C)c(C)c2)cc1. The number of hydrogen-bond donors (Lipinski definition) is 0. The van der Waals surface area contributed by atoms with Gasteiger partial charge in [0, 0.05) is 24.1 Å². The summed E-state index contributed by atoms with van der Waals surface area (Å²) in [5.74, 6) is 0.0621. The van der Waals surface area contributed by atoms with E-state index in [2.05, 4.69) is 37.4 Å². The summed E-state index contributed by atoms with van der Waals surface area (Å²) in [4.78, 5) is 15.5. The minimum atomic E-state index is 0.0621. The van der Waals surface area contributed by atoms with Crippen molar-refractivity contribution in [1.29, 1.82) is 0 Å². The number of thioether (sulfide) groups is 1. The number of aryl methyl sites for hydroxylation is 2. The summed E-state index contributed by atoms with van der Waals surface area (Å²) in [5.41, 5.74) is 4.26.